The van der Waals surface area contributed by atoms with Gasteiger partial charge in [0, 0.05) is 34.0 Å². The molecular formula is C22H16F3N3S. The predicted molar refractivity (Wildman–Crippen MR) is 109 cm³/mol. The Kier molecular flexibility index (Phi) is 5.15. The average molecular weight is 411 g/mol. The summed E-state index contributed by atoms with van der Waals surface area (Å²) in [6.45, 7) is 0. The Labute approximate surface area is 170 Å². The number of aromatic amines is 1. The summed E-state index contributed by atoms with van der Waals surface area (Å²) in [5, 5.41) is 0. The molecule has 146 valence electrons. The molecule has 0 aliphatic rings. The molecule has 0 amide bonds. The highest BCUT2D eigenvalue weighted by molar-refractivity contribution is 7.98. The summed E-state index contributed by atoms with van der Waals surface area (Å²) in [6, 6.07) is 16.7. The van der Waals surface area contributed by atoms with Crippen molar-refractivity contribution in [1.29, 1.82) is 0 Å². The van der Waals surface area contributed by atoms with E-state index in [1.165, 1.54) is 6.07 Å². The number of benzene rings is 2. The third-order valence-electron chi connectivity index (χ3n) is 4.50. The summed E-state index contributed by atoms with van der Waals surface area (Å²) < 4.78 is 39.6. The number of halogens is 3. The zero-order valence-electron chi connectivity index (χ0n) is 15.4. The van der Waals surface area contributed by atoms with E-state index in [0.29, 0.717) is 22.8 Å². The Hall–Kier alpha value is -3.06. The number of alkyl halides is 3. The lowest BCUT2D eigenvalue weighted by Gasteiger charge is -2.08. The highest BCUT2D eigenvalue weighted by atomic mass is 32.2. The van der Waals surface area contributed by atoms with E-state index in [-0.39, 0.29) is 0 Å². The first kappa shape index (κ1) is 19.3. The molecule has 0 spiro atoms. The van der Waals surface area contributed by atoms with E-state index in [1.807, 2.05) is 30.5 Å². The lowest BCUT2D eigenvalue weighted by molar-refractivity contribution is -0.137. The number of rotatable bonds is 4. The van der Waals surface area contributed by atoms with Gasteiger partial charge in [-0.15, -0.1) is 11.8 Å². The highest BCUT2D eigenvalue weighted by Gasteiger charge is 2.31. The van der Waals surface area contributed by atoms with Crippen molar-refractivity contribution in [2.24, 2.45) is 0 Å². The smallest absolute Gasteiger partial charge is 0.337 e. The van der Waals surface area contributed by atoms with Crippen LogP contribution in [-0.2, 0) is 6.18 Å². The average Bonchev–Trinajstić information content (AvgIpc) is 3.19. The normalized spacial score (nSPS) is 11.6. The molecule has 0 saturated carbocycles. The van der Waals surface area contributed by atoms with Gasteiger partial charge in [-0.2, -0.15) is 13.2 Å². The van der Waals surface area contributed by atoms with Crippen molar-refractivity contribution in [3.63, 3.8) is 0 Å². The van der Waals surface area contributed by atoms with Gasteiger partial charge in [-0.25, -0.2) is 4.98 Å². The number of hydrogen-bond donors (Lipinski definition) is 1. The number of imidazole rings is 1. The molecule has 3 nitrogen and oxygen atoms in total. The van der Waals surface area contributed by atoms with Crippen molar-refractivity contribution in [3.05, 3.63) is 78.6 Å². The molecule has 7 heteroatoms. The lowest BCUT2D eigenvalue weighted by atomic mass is 10.0. The second kappa shape index (κ2) is 7.75. The molecule has 4 rings (SSSR count). The van der Waals surface area contributed by atoms with Gasteiger partial charge in [-0.1, -0.05) is 24.3 Å². The standard InChI is InChI=1S/C22H16F3N3S/c1-29-18-7-5-15(6-8-18)21-27-19(14-9-11-26-12-10-14)20(28-21)16-3-2-4-17(13-16)22(23,24)25/h2-13H,1H3,(H,27,28). The first-order chi connectivity index (χ1) is 14.0. The SMILES string of the molecule is CSc1ccc(-c2nc(-c3cccc(C(F)(F)F)c3)c(-c3ccncc3)[nH]2)cc1. The van der Waals surface area contributed by atoms with Gasteiger partial charge in [0.25, 0.3) is 0 Å². The summed E-state index contributed by atoms with van der Waals surface area (Å²) in [7, 11) is 0. The minimum absolute atomic E-state index is 0.398. The van der Waals surface area contributed by atoms with Gasteiger partial charge < -0.3 is 4.98 Å². The van der Waals surface area contributed by atoms with Gasteiger partial charge >= 0.3 is 6.18 Å². The van der Waals surface area contributed by atoms with Crippen molar-refractivity contribution in [3.8, 4) is 33.9 Å². The van der Waals surface area contributed by atoms with Crippen molar-refractivity contribution in [2.75, 3.05) is 6.26 Å². The molecule has 0 bridgehead atoms. The number of H-pyrrole nitrogens is 1. The summed E-state index contributed by atoms with van der Waals surface area (Å²) in [5.41, 5.74) is 2.46. The molecule has 0 aliphatic heterocycles. The maximum absolute atomic E-state index is 13.2. The van der Waals surface area contributed by atoms with Crippen LogP contribution in [0.5, 0.6) is 0 Å². The third-order valence-corrected chi connectivity index (χ3v) is 5.24. The molecule has 0 fully saturated rings. The Morgan fingerprint density at radius 1 is 0.862 bits per heavy atom. The molecule has 29 heavy (non-hydrogen) atoms. The first-order valence-corrected chi connectivity index (χ1v) is 10.0. The highest BCUT2D eigenvalue weighted by Crippen LogP contribution is 2.36. The van der Waals surface area contributed by atoms with E-state index in [2.05, 4.69) is 15.0 Å². The van der Waals surface area contributed by atoms with Gasteiger partial charge in [-0.3, -0.25) is 4.98 Å². The second-order valence-corrected chi connectivity index (χ2v) is 7.23. The quantitative estimate of drug-likeness (QED) is 0.387. The van der Waals surface area contributed by atoms with Gasteiger partial charge in [0.15, 0.2) is 0 Å². The van der Waals surface area contributed by atoms with Crippen LogP contribution >= 0.6 is 11.8 Å². The molecule has 2 heterocycles. The molecule has 2 aromatic heterocycles. The molecule has 0 atom stereocenters. The minimum Gasteiger partial charge on any atom is -0.337 e. The molecule has 0 unspecified atom stereocenters. The summed E-state index contributed by atoms with van der Waals surface area (Å²) in [5.74, 6) is 0.594. The second-order valence-electron chi connectivity index (χ2n) is 6.35. The monoisotopic (exact) mass is 411 g/mol. The number of nitrogens with zero attached hydrogens (tertiary/aromatic N) is 2. The zero-order chi connectivity index (χ0) is 20.4. The summed E-state index contributed by atoms with van der Waals surface area (Å²) in [6.07, 6.45) is 0.854. The van der Waals surface area contributed by atoms with Gasteiger partial charge in [0.05, 0.1) is 17.0 Å². The first-order valence-electron chi connectivity index (χ1n) is 8.78. The van der Waals surface area contributed by atoms with Crippen LogP contribution in [-0.4, -0.2) is 21.2 Å². The van der Waals surface area contributed by atoms with Crippen LogP contribution in [0.25, 0.3) is 33.9 Å². The van der Waals surface area contributed by atoms with E-state index in [1.54, 1.807) is 42.4 Å². The zero-order valence-corrected chi connectivity index (χ0v) is 16.2. The molecule has 0 radical (unpaired) electrons. The van der Waals surface area contributed by atoms with E-state index in [0.717, 1.165) is 28.2 Å². The van der Waals surface area contributed by atoms with Crippen LogP contribution in [0.3, 0.4) is 0 Å². The van der Waals surface area contributed by atoms with Gasteiger partial charge in [-0.05, 0) is 42.7 Å². The van der Waals surface area contributed by atoms with Crippen molar-refractivity contribution < 1.29 is 13.2 Å². The van der Waals surface area contributed by atoms with Crippen LogP contribution in [0.1, 0.15) is 5.56 Å². The number of pyridine rings is 1. The van der Waals surface area contributed by atoms with Crippen LogP contribution in [0.4, 0.5) is 13.2 Å². The van der Waals surface area contributed by atoms with Gasteiger partial charge in [0.1, 0.15) is 5.82 Å². The van der Waals surface area contributed by atoms with E-state index >= 15 is 0 Å². The number of nitrogens with one attached hydrogen (secondary N) is 1. The van der Waals surface area contributed by atoms with Crippen LogP contribution in [0.15, 0.2) is 78.0 Å². The Bertz CT molecular complexity index is 1120. The maximum atomic E-state index is 13.2. The van der Waals surface area contributed by atoms with Crippen molar-refractivity contribution in [1.82, 2.24) is 15.0 Å². The topological polar surface area (TPSA) is 41.6 Å². The van der Waals surface area contributed by atoms with E-state index in [4.69, 9.17) is 0 Å². The largest absolute Gasteiger partial charge is 0.416 e. The molecule has 2 aromatic carbocycles. The number of hydrogen-bond acceptors (Lipinski definition) is 3. The molecule has 0 aliphatic carbocycles. The number of aromatic nitrogens is 3. The summed E-state index contributed by atoms with van der Waals surface area (Å²) >= 11 is 1.63. The van der Waals surface area contributed by atoms with Crippen LogP contribution < -0.4 is 0 Å². The fraction of sp³-hybridized carbons (Fsp3) is 0.0909. The molecular weight excluding hydrogens is 395 g/mol. The Morgan fingerprint density at radius 3 is 2.24 bits per heavy atom. The van der Waals surface area contributed by atoms with Crippen LogP contribution in [0, 0.1) is 0 Å². The third kappa shape index (κ3) is 4.05. The Morgan fingerprint density at radius 2 is 1.59 bits per heavy atom. The summed E-state index contributed by atoms with van der Waals surface area (Å²) in [4.78, 5) is 13.1. The maximum Gasteiger partial charge on any atom is 0.416 e. The fourth-order valence-electron chi connectivity index (χ4n) is 3.04. The van der Waals surface area contributed by atoms with Crippen molar-refractivity contribution >= 4 is 11.8 Å². The van der Waals surface area contributed by atoms with E-state index < -0.39 is 11.7 Å². The van der Waals surface area contributed by atoms with Crippen molar-refractivity contribution in [2.45, 2.75) is 11.1 Å². The molecule has 4 aromatic rings. The molecule has 0 saturated heterocycles. The predicted octanol–water partition coefficient (Wildman–Crippen LogP) is 6.55. The number of thioether (sulfide) groups is 1. The minimum atomic E-state index is -4.42. The fourth-order valence-corrected chi connectivity index (χ4v) is 3.45. The van der Waals surface area contributed by atoms with Gasteiger partial charge in [0.2, 0.25) is 0 Å². The lowest BCUT2D eigenvalue weighted by Crippen LogP contribution is -2.04. The Balaban J connectivity index is 1.87. The van der Waals surface area contributed by atoms with Crippen LogP contribution in [0.2, 0.25) is 0 Å². The van der Waals surface area contributed by atoms with E-state index in [9.17, 15) is 13.2 Å². The molecule has 1 N–H and O–H groups in total.